The number of aliphatic hydroxyl groups is 1. The van der Waals surface area contributed by atoms with E-state index in [1.165, 1.54) is 167 Å². The van der Waals surface area contributed by atoms with Crippen LogP contribution in [0.15, 0.2) is 0 Å². The molecule has 0 bridgehead atoms. The highest BCUT2D eigenvalue weighted by Gasteiger charge is 2.30. The van der Waals surface area contributed by atoms with Crippen LogP contribution in [-0.2, 0) is 65.4 Å². The maximum Gasteiger partial charge on any atom is 0.472 e. The summed E-state index contributed by atoms with van der Waals surface area (Å²) in [6.45, 7) is 14.2. The number of phosphoric ester groups is 2. The summed E-state index contributed by atoms with van der Waals surface area (Å²) in [5, 5.41) is 10.6. The summed E-state index contributed by atoms with van der Waals surface area (Å²) < 4.78 is 68.4. The topological polar surface area (TPSA) is 237 Å². The molecule has 0 radical (unpaired) electrons. The zero-order chi connectivity index (χ0) is 68.9. The largest absolute Gasteiger partial charge is 0.472 e. The first-order valence-electron chi connectivity index (χ1n) is 38.2. The molecule has 552 valence electrons. The minimum Gasteiger partial charge on any atom is -0.462 e. The lowest BCUT2D eigenvalue weighted by Crippen LogP contribution is -2.30. The van der Waals surface area contributed by atoms with Crippen LogP contribution < -0.4 is 0 Å². The number of esters is 4. The molecule has 0 saturated heterocycles. The van der Waals surface area contributed by atoms with Crippen LogP contribution >= 0.6 is 15.6 Å². The number of carbonyl (C=O) groups is 4. The number of aliphatic hydroxyl groups excluding tert-OH is 1. The van der Waals surface area contributed by atoms with Gasteiger partial charge in [0.05, 0.1) is 26.4 Å². The van der Waals surface area contributed by atoms with Gasteiger partial charge >= 0.3 is 39.5 Å². The van der Waals surface area contributed by atoms with E-state index in [0.717, 1.165) is 114 Å². The number of hydrogen-bond donors (Lipinski definition) is 3. The van der Waals surface area contributed by atoms with Crippen molar-refractivity contribution in [2.45, 2.75) is 388 Å². The zero-order valence-corrected chi connectivity index (χ0v) is 62.7. The van der Waals surface area contributed by atoms with Gasteiger partial charge in [0.1, 0.15) is 19.3 Å². The Labute approximate surface area is 568 Å². The molecule has 3 N–H and O–H groups in total. The standard InChI is InChI=1S/C74H144O17P2/c1-9-67(8)53-45-37-29-21-14-12-10-11-13-15-22-31-40-48-56-73(78)91-70(61-85-72(77)55-47-39-33-25-28-36-44-52-66(6)7)63-89-93(82,83)87-59-68(75)58-86-92(80,81)88-62-69(60-84-71(76)54-46-38-30-24-18-20-27-35-43-51-65(4)5)90-74(79)57-49-41-32-23-17-16-19-26-34-42-50-64(2)3/h64-70,75H,9-63H2,1-8H3,(H,80,81)(H,82,83)/t67?,68?,69-,70-/m1/s1. The van der Waals surface area contributed by atoms with E-state index in [1.54, 1.807) is 0 Å². The van der Waals surface area contributed by atoms with Gasteiger partial charge in [-0.1, -0.05) is 319 Å². The summed E-state index contributed by atoms with van der Waals surface area (Å²) in [6.07, 6.45) is 47.2. The van der Waals surface area contributed by atoms with Crippen molar-refractivity contribution < 1.29 is 80.2 Å². The van der Waals surface area contributed by atoms with Gasteiger partial charge in [-0.05, 0) is 49.4 Å². The molecule has 0 aliphatic carbocycles. The Morgan fingerprint density at radius 2 is 0.516 bits per heavy atom. The molecule has 0 aliphatic rings. The lowest BCUT2D eigenvalue weighted by molar-refractivity contribution is -0.161. The van der Waals surface area contributed by atoms with Crippen LogP contribution in [0.25, 0.3) is 0 Å². The fraction of sp³-hybridized carbons (Fsp3) is 0.946. The Hall–Kier alpha value is -1.94. The fourth-order valence-electron chi connectivity index (χ4n) is 11.2. The lowest BCUT2D eigenvalue weighted by Gasteiger charge is -2.21. The number of phosphoric acid groups is 2. The predicted molar refractivity (Wildman–Crippen MR) is 377 cm³/mol. The molecule has 6 atom stereocenters. The van der Waals surface area contributed by atoms with Gasteiger partial charge in [-0.25, -0.2) is 9.13 Å². The molecular formula is C74H144O17P2. The Morgan fingerprint density at radius 1 is 0.301 bits per heavy atom. The maximum absolute atomic E-state index is 13.0. The van der Waals surface area contributed by atoms with Crippen LogP contribution in [0.3, 0.4) is 0 Å². The van der Waals surface area contributed by atoms with Crippen molar-refractivity contribution in [2.24, 2.45) is 23.7 Å². The molecule has 0 saturated carbocycles. The van der Waals surface area contributed by atoms with Crippen LogP contribution in [0.5, 0.6) is 0 Å². The predicted octanol–water partition coefficient (Wildman–Crippen LogP) is 21.3. The van der Waals surface area contributed by atoms with E-state index in [1.807, 2.05) is 0 Å². The van der Waals surface area contributed by atoms with Gasteiger partial charge in [-0.3, -0.25) is 37.3 Å². The third kappa shape index (κ3) is 67.0. The van der Waals surface area contributed by atoms with Gasteiger partial charge in [0, 0.05) is 25.7 Å². The molecular weight excluding hydrogens is 1220 g/mol. The minimum absolute atomic E-state index is 0.105. The van der Waals surface area contributed by atoms with E-state index in [0.29, 0.717) is 31.6 Å². The fourth-order valence-corrected chi connectivity index (χ4v) is 12.7. The van der Waals surface area contributed by atoms with Crippen molar-refractivity contribution in [3.63, 3.8) is 0 Å². The molecule has 19 heteroatoms. The zero-order valence-electron chi connectivity index (χ0n) is 60.9. The van der Waals surface area contributed by atoms with E-state index >= 15 is 0 Å². The number of carbonyl (C=O) groups excluding carboxylic acids is 4. The summed E-state index contributed by atoms with van der Waals surface area (Å²) >= 11 is 0. The molecule has 0 spiro atoms. The van der Waals surface area contributed by atoms with Crippen LogP contribution in [-0.4, -0.2) is 96.7 Å². The van der Waals surface area contributed by atoms with Gasteiger partial charge in [-0.2, -0.15) is 0 Å². The Morgan fingerprint density at radius 3 is 0.763 bits per heavy atom. The monoisotopic (exact) mass is 1370 g/mol. The van der Waals surface area contributed by atoms with Gasteiger partial charge in [0.2, 0.25) is 0 Å². The summed E-state index contributed by atoms with van der Waals surface area (Å²) in [5.41, 5.74) is 0. The molecule has 0 amide bonds. The molecule has 0 rings (SSSR count). The first-order chi connectivity index (χ1) is 44.6. The molecule has 0 aromatic heterocycles. The summed E-state index contributed by atoms with van der Waals surface area (Å²) in [4.78, 5) is 72.7. The van der Waals surface area contributed by atoms with Crippen LogP contribution in [0, 0.1) is 23.7 Å². The van der Waals surface area contributed by atoms with Crippen molar-refractivity contribution in [1.29, 1.82) is 0 Å². The summed E-state index contributed by atoms with van der Waals surface area (Å²) in [6, 6.07) is 0. The van der Waals surface area contributed by atoms with Crippen LogP contribution in [0.1, 0.15) is 370 Å². The van der Waals surface area contributed by atoms with Crippen molar-refractivity contribution in [3.05, 3.63) is 0 Å². The normalized spacial score (nSPS) is 14.5. The smallest absolute Gasteiger partial charge is 0.462 e. The van der Waals surface area contributed by atoms with Gasteiger partial charge < -0.3 is 33.8 Å². The molecule has 0 heterocycles. The Balaban J connectivity index is 5.24. The molecule has 0 aliphatic heterocycles. The third-order valence-corrected chi connectivity index (χ3v) is 19.3. The molecule has 4 unspecified atom stereocenters. The highest BCUT2D eigenvalue weighted by atomic mass is 31.2. The molecule has 93 heavy (non-hydrogen) atoms. The second-order valence-electron chi connectivity index (χ2n) is 28.4. The van der Waals surface area contributed by atoms with E-state index in [-0.39, 0.29) is 25.7 Å². The molecule has 0 fully saturated rings. The maximum atomic E-state index is 13.0. The Kier molecular flexibility index (Phi) is 62.2. The van der Waals surface area contributed by atoms with Crippen LogP contribution in [0.2, 0.25) is 0 Å². The second-order valence-corrected chi connectivity index (χ2v) is 31.3. The van der Waals surface area contributed by atoms with E-state index in [9.17, 15) is 43.2 Å². The van der Waals surface area contributed by atoms with Gasteiger partial charge in [0.15, 0.2) is 12.2 Å². The quantitative estimate of drug-likeness (QED) is 0.0222. The SMILES string of the molecule is CCC(C)CCCCCCCCCCCCCCCCC(=O)O[C@H](COC(=O)CCCCCCCCCC(C)C)COP(=O)(O)OCC(O)COP(=O)(O)OC[C@@H](COC(=O)CCCCCCCCCCCC(C)C)OC(=O)CCCCCCCCCCCCC(C)C. The molecule has 17 nitrogen and oxygen atoms in total. The minimum atomic E-state index is -4.96. The van der Waals surface area contributed by atoms with Crippen molar-refractivity contribution >= 4 is 39.5 Å². The number of unbranched alkanes of at least 4 members (excludes halogenated alkanes) is 36. The average molecular weight is 1370 g/mol. The summed E-state index contributed by atoms with van der Waals surface area (Å²) in [7, 11) is -9.91. The van der Waals surface area contributed by atoms with E-state index < -0.39 is 97.5 Å². The van der Waals surface area contributed by atoms with Gasteiger partial charge in [0.25, 0.3) is 0 Å². The highest BCUT2D eigenvalue weighted by molar-refractivity contribution is 7.47. The number of ether oxygens (including phenoxy) is 4. The Bertz CT molecular complexity index is 1840. The van der Waals surface area contributed by atoms with Gasteiger partial charge in [-0.15, -0.1) is 0 Å². The van der Waals surface area contributed by atoms with E-state index in [2.05, 4.69) is 55.4 Å². The lowest BCUT2D eigenvalue weighted by atomic mass is 9.99. The average Bonchev–Trinajstić information content (AvgIpc) is 3.00. The number of hydrogen-bond acceptors (Lipinski definition) is 15. The van der Waals surface area contributed by atoms with Crippen molar-refractivity contribution in [3.8, 4) is 0 Å². The molecule has 0 aromatic rings. The third-order valence-electron chi connectivity index (χ3n) is 17.4. The van der Waals surface area contributed by atoms with E-state index in [4.69, 9.17) is 37.0 Å². The second kappa shape index (κ2) is 63.5. The summed E-state index contributed by atoms with van der Waals surface area (Å²) in [5.74, 6) is 0.922. The van der Waals surface area contributed by atoms with Crippen molar-refractivity contribution in [2.75, 3.05) is 39.6 Å². The number of rotatable bonds is 71. The highest BCUT2D eigenvalue weighted by Crippen LogP contribution is 2.45. The first-order valence-corrected chi connectivity index (χ1v) is 41.2. The first kappa shape index (κ1) is 91.1. The molecule has 0 aromatic carbocycles. The van der Waals surface area contributed by atoms with Crippen LogP contribution in [0.4, 0.5) is 0 Å². The van der Waals surface area contributed by atoms with Crippen molar-refractivity contribution in [1.82, 2.24) is 0 Å².